The van der Waals surface area contributed by atoms with Crippen LogP contribution in [0, 0.1) is 5.92 Å². The molecule has 0 aliphatic heterocycles. The van der Waals surface area contributed by atoms with E-state index in [4.69, 9.17) is 37.0 Å². The molecule has 0 heterocycles. The average molecular weight is 1550 g/mol. The summed E-state index contributed by atoms with van der Waals surface area (Å²) in [5.41, 5.74) is 0. The Hall–Kier alpha value is -1.94. The summed E-state index contributed by atoms with van der Waals surface area (Å²) in [6.45, 7) is 7.39. The highest BCUT2D eigenvalue weighted by atomic mass is 31.2. The molecule has 0 saturated heterocycles. The first-order chi connectivity index (χ1) is 51.5. The van der Waals surface area contributed by atoms with Crippen LogP contribution in [0.4, 0.5) is 0 Å². The van der Waals surface area contributed by atoms with Crippen molar-refractivity contribution in [1.29, 1.82) is 0 Å². The average Bonchev–Trinajstić information content (AvgIpc) is 0.903. The summed E-state index contributed by atoms with van der Waals surface area (Å²) in [4.78, 5) is 73.3. The Bertz CT molecular complexity index is 2010. The van der Waals surface area contributed by atoms with Gasteiger partial charge in [0.15, 0.2) is 12.2 Å². The standard InChI is InChI=1S/C87H170O17P2/c1-6-9-12-15-18-21-24-27-29-31-33-35-37-40-46-51-56-61-66-71-85(90)98-77-82(103-86(91)72-67-62-57-52-47-41-38-36-34-32-30-28-25-22-19-16-13-10-7-2)78-101-105(93,94)99-74-81(88)75-100-106(95,96)102-79-83(76-97-84(89)70-65-60-55-50-45-39-26-23-20-17-14-11-8-3)104-87(92)73-68-63-58-53-48-43-42-44-49-54-59-64-69-80(4)5/h80-83,88H,6-79H2,1-5H3,(H,93,94)(H,95,96)/t81-,82-,83-/m1/s1. The van der Waals surface area contributed by atoms with Crippen molar-refractivity contribution in [2.24, 2.45) is 5.92 Å². The van der Waals surface area contributed by atoms with Gasteiger partial charge in [-0.3, -0.25) is 37.3 Å². The Kier molecular flexibility index (Phi) is 78.2. The van der Waals surface area contributed by atoms with Gasteiger partial charge in [0.2, 0.25) is 0 Å². The summed E-state index contributed by atoms with van der Waals surface area (Å²) in [7, 11) is -9.93. The van der Waals surface area contributed by atoms with Gasteiger partial charge in [0.05, 0.1) is 26.4 Å². The Labute approximate surface area is 651 Å². The molecule has 5 atom stereocenters. The van der Waals surface area contributed by atoms with Gasteiger partial charge >= 0.3 is 39.5 Å². The van der Waals surface area contributed by atoms with Crippen molar-refractivity contribution in [3.05, 3.63) is 0 Å². The molecule has 0 fully saturated rings. The molecule has 0 bridgehead atoms. The van der Waals surface area contributed by atoms with Crippen molar-refractivity contribution in [3.8, 4) is 0 Å². The topological polar surface area (TPSA) is 237 Å². The predicted molar refractivity (Wildman–Crippen MR) is 437 cm³/mol. The second-order valence-corrected chi connectivity index (χ2v) is 34.7. The van der Waals surface area contributed by atoms with E-state index in [1.54, 1.807) is 0 Å². The number of rotatable bonds is 87. The van der Waals surface area contributed by atoms with Crippen LogP contribution in [0.25, 0.3) is 0 Å². The highest BCUT2D eigenvalue weighted by molar-refractivity contribution is 7.47. The van der Waals surface area contributed by atoms with E-state index in [0.29, 0.717) is 25.7 Å². The van der Waals surface area contributed by atoms with E-state index in [2.05, 4.69) is 34.6 Å². The summed E-state index contributed by atoms with van der Waals surface area (Å²) < 4.78 is 69.0. The molecule has 0 saturated carbocycles. The molecule has 3 N–H and O–H groups in total. The highest BCUT2D eigenvalue weighted by Gasteiger charge is 2.30. The lowest BCUT2D eigenvalue weighted by Gasteiger charge is -2.21. The molecule has 630 valence electrons. The number of carbonyl (C=O) groups excluding carboxylic acids is 4. The van der Waals surface area contributed by atoms with Crippen LogP contribution in [-0.2, 0) is 65.4 Å². The normalized spacial score (nSPS) is 13.7. The van der Waals surface area contributed by atoms with Gasteiger partial charge in [-0.25, -0.2) is 9.13 Å². The molecule has 0 amide bonds. The maximum Gasteiger partial charge on any atom is 0.472 e. The van der Waals surface area contributed by atoms with E-state index >= 15 is 0 Å². The first-order valence-electron chi connectivity index (χ1n) is 45.1. The van der Waals surface area contributed by atoms with Gasteiger partial charge in [-0.05, 0) is 31.6 Å². The molecule has 0 aliphatic rings. The van der Waals surface area contributed by atoms with Crippen LogP contribution < -0.4 is 0 Å². The van der Waals surface area contributed by atoms with E-state index in [-0.39, 0.29) is 25.7 Å². The van der Waals surface area contributed by atoms with E-state index in [0.717, 1.165) is 95.8 Å². The number of phosphoric ester groups is 2. The quantitative estimate of drug-likeness (QED) is 0.0222. The second kappa shape index (κ2) is 79.7. The number of ether oxygens (including phenoxy) is 4. The Morgan fingerprint density at radius 3 is 0.642 bits per heavy atom. The number of unbranched alkanes of at least 4 members (excludes halogenated alkanes) is 59. The van der Waals surface area contributed by atoms with Crippen LogP contribution >= 0.6 is 15.6 Å². The smallest absolute Gasteiger partial charge is 0.462 e. The van der Waals surface area contributed by atoms with Gasteiger partial charge in [-0.2, -0.15) is 0 Å². The third kappa shape index (κ3) is 80.1. The van der Waals surface area contributed by atoms with Gasteiger partial charge in [-0.1, -0.05) is 420 Å². The SMILES string of the molecule is CCCCCCCCCCCCCCCCCCCCCC(=O)OC[C@H](COP(=O)(O)OC[C@@H](O)COP(=O)(O)OC[C@@H](COC(=O)CCCCCCCCCCCCCCC)OC(=O)CCCCCCCCCCCCCCC(C)C)OC(=O)CCCCCCCCCCCCCCCCCCCCC. The summed E-state index contributed by atoms with van der Waals surface area (Å²) >= 11 is 0. The lowest BCUT2D eigenvalue weighted by molar-refractivity contribution is -0.161. The number of hydrogen-bond donors (Lipinski definition) is 3. The van der Waals surface area contributed by atoms with Gasteiger partial charge in [0.1, 0.15) is 19.3 Å². The molecular formula is C87H170O17P2. The van der Waals surface area contributed by atoms with Crippen LogP contribution in [0.3, 0.4) is 0 Å². The zero-order valence-corrected chi connectivity index (χ0v) is 71.4. The second-order valence-electron chi connectivity index (χ2n) is 31.8. The monoisotopic (exact) mass is 1550 g/mol. The first-order valence-corrected chi connectivity index (χ1v) is 48.1. The number of aliphatic hydroxyl groups excluding tert-OH is 1. The molecule has 0 aromatic rings. The Morgan fingerprint density at radius 2 is 0.434 bits per heavy atom. The van der Waals surface area contributed by atoms with Crippen LogP contribution in [0.1, 0.15) is 471 Å². The summed E-state index contributed by atoms with van der Waals surface area (Å²) in [5, 5.41) is 10.7. The van der Waals surface area contributed by atoms with Gasteiger partial charge in [0, 0.05) is 25.7 Å². The third-order valence-corrected chi connectivity index (χ3v) is 22.4. The Balaban J connectivity index is 5.26. The molecule has 0 aromatic carbocycles. The maximum atomic E-state index is 13.2. The fraction of sp³-hybridized carbons (Fsp3) is 0.954. The molecule has 19 heteroatoms. The minimum Gasteiger partial charge on any atom is -0.462 e. The van der Waals surface area contributed by atoms with Crippen molar-refractivity contribution in [2.75, 3.05) is 39.6 Å². The van der Waals surface area contributed by atoms with E-state index in [9.17, 15) is 43.2 Å². The van der Waals surface area contributed by atoms with Crippen molar-refractivity contribution in [2.45, 2.75) is 490 Å². The van der Waals surface area contributed by atoms with Gasteiger partial charge < -0.3 is 33.8 Å². The molecule has 0 spiro atoms. The predicted octanol–water partition coefficient (Wildman–Crippen LogP) is 26.8. The maximum absolute atomic E-state index is 13.2. The fourth-order valence-corrected chi connectivity index (χ4v) is 15.2. The van der Waals surface area contributed by atoms with Crippen LogP contribution in [0.2, 0.25) is 0 Å². The molecule has 0 aromatic heterocycles. The largest absolute Gasteiger partial charge is 0.472 e. The Morgan fingerprint density at radius 1 is 0.255 bits per heavy atom. The van der Waals surface area contributed by atoms with E-state index in [1.165, 1.54) is 295 Å². The summed E-state index contributed by atoms with van der Waals surface area (Å²) in [6.07, 6.45) is 73.5. The minimum atomic E-state index is -4.97. The number of carbonyl (C=O) groups is 4. The van der Waals surface area contributed by atoms with Crippen LogP contribution in [0.15, 0.2) is 0 Å². The number of esters is 4. The summed E-state index contributed by atoms with van der Waals surface area (Å²) in [5.74, 6) is -1.32. The van der Waals surface area contributed by atoms with Crippen molar-refractivity contribution in [3.63, 3.8) is 0 Å². The molecule has 0 rings (SSSR count). The zero-order valence-electron chi connectivity index (χ0n) is 69.6. The lowest BCUT2D eigenvalue weighted by atomic mass is 10.0. The number of phosphoric acid groups is 2. The van der Waals surface area contributed by atoms with E-state index in [1.807, 2.05) is 0 Å². The van der Waals surface area contributed by atoms with Crippen molar-refractivity contribution >= 4 is 39.5 Å². The number of aliphatic hydroxyl groups is 1. The fourth-order valence-electron chi connectivity index (χ4n) is 13.6. The molecular weight excluding hydrogens is 1380 g/mol. The first kappa shape index (κ1) is 104. The van der Waals surface area contributed by atoms with Crippen LogP contribution in [0.5, 0.6) is 0 Å². The van der Waals surface area contributed by atoms with Crippen LogP contribution in [-0.4, -0.2) is 96.7 Å². The molecule has 106 heavy (non-hydrogen) atoms. The minimum absolute atomic E-state index is 0.108. The van der Waals surface area contributed by atoms with Crippen molar-refractivity contribution < 1.29 is 80.2 Å². The zero-order chi connectivity index (χ0) is 77.6. The summed E-state index contributed by atoms with van der Waals surface area (Å²) in [6, 6.07) is 0. The van der Waals surface area contributed by atoms with Gasteiger partial charge in [0.25, 0.3) is 0 Å². The third-order valence-electron chi connectivity index (χ3n) is 20.5. The highest BCUT2D eigenvalue weighted by Crippen LogP contribution is 2.45. The van der Waals surface area contributed by atoms with E-state index < -0.39 is 97.5 Å². The molecule has 0 aliphatic carbocycles. The van der Waals surface area contributed by atoms with Gasteiger partial charge in [-0.15, -0.1) is 0 Å². The number of hydrogen-bond acceptors (Lipinski definition) is 15. The lowest BCUT2D eigenvalue weighted by Crippen LogP contribution is -2.30. The molecule has 0 radical (unpaired) electrons. The van der Waals surface area contributed by atoms with Crippen molar-refractivity contribution in [1.82, 2.24) is 0 Å². The molecule has 2 unspecified atom stereocenters. The molecule has 17 nitrogen and oxygen atoms in total.